The number of aryl methyl sites for hydroxylation is 2. The van der Waals surface area contributed by atoms with E-state index in [1.807, 2.05) is 80.6 Å². The Morgan fingerprint density at radius 3 is 2.57 bits per heavy atom. The Hall–Kier alpha value is -3.38. The van der Waals surface area contributed by atoms with Gasteiger partial charge in [0.05, 0.1) is 18.2 Å². The highest BCUT2D eigenvalue weighted by molar-refractivity contribution is 9.10. The average Bonchev–Trinajstić information content (AvgIpc) is 3.27. The van der Waals surface area contributed by atoms with Gasteiger partial charge in [0.25, 0.3) is 5.91 Å². The first-order valence-electron chi connectivity index (χ1n) is 11.9. The molecular weight excluding hydrogens is 504 g/mol. The van der Waals surface area contributed by atoms with E-state index in [4.69, 9.17) is 4.74 Å². The lowest BCUT2D eigenvalue weighted by Gasteiger charge is -2.15. The number of benzene rings is 3. The summed E-state index contributed by atoms with van der Waals surface area (Å²) in [6.45, 7) is 5.01. The van der Waals surface area contributed by atoms with E-state index in [2.05, 4.69) is 32.0 Å². The molecule has 4 rings (SSSR count). The lowest BCUT2D eigenvalue weighted by Crippen LogP contribution is -2.26. The first-order valence-corrected chi connectivity index (χ1v) is 12.6. The van der Waals surface area contributed by atoms with Gasteiger partial charge in [-0.05, 0) is 86.3 Å². The standard InChI is InChI=1S/C29H29BrN2O3/c1-3-35-29(34)25-8-4-6-21(18-25)7-5-16-32-17-15-23-19-24(11-14-27(23)32)28(33)31-20(2)22-9-12-26(30)13-10-22/h4,6,8-15,17-20H,3,5,7,16H2,1-2H3,(H,31,33). The van der Waals surface area contributed by atoms with Gasteiger partial charge in [-0.25, -0.2) is 4.79 Å². The fourth-order valence-corrected chi connectivity index (χ4v) is 4.44. The third-order valence-corrected chi connectivity index (χ3v) is 6.58. The Labute approximate surface area is 214 Å². The Balaban J connectivity index is 1.37. The van der Waals surface area contributed by atoms with Gasteiger partial charge in [-0.1, -0.05) is 40.2 Å². The van der Waals surface area contributed by atoms with Gasteiger partial charge in [0.1, 0.15) is 0 Å². The number of hydrogen-bond acceptors (Lipinski definition) is 3. The molecule has 1 N–H and O–H groups in total. The molecule has 4 aromatic rings. The van der Waals surface area contributed by atoms with Crippen LogP contribution in [0.2, 0.25) is 0 Å². The van der Waals surface area contributed by atoms with Crippen LogP contribution in [0.5, 0.6) is 0 Å². The maximum atomic E-state index is 12.8. The van der Waals surface area contributed by atoms with Crippen molar-refractivity contribution < 1.29 is 14.3 Å². The molecule has 0 radical (unpaired) electrons. The van der Waals surface area contributed by atoms with Crippen LogP contribution >= 0.6 is 15.9 Å². The molecule has 0 spiro atoms. The number of nitrogens with zero attached hydrogens (tertiary/aromatic N) is 1. The summed E-state index contributed by atoms with van der Waals surface area (Å²) in [6, 6.07) is 23.4. The Morgan fingerprint density at radius 1 is 1.00 bits per heavy atom. The molecule has 0 aliphatic rings. The zero-order valence-corrected chi connectivity index (χ0v) is 21.5. The van der Waals surface area contributed by atoms with Crippen molar-refractivity contribution in [3.05, 3.63) is 106 Å². The van der Waals surface area contributed by atoms with Crippen LogP contribution in [0.25, 0.3) is 10.9 Å². The molecule has 0 fully saturated rings. The number of ether oxygens (including phenoxy) is 1. The van der Waals surface area contributed by atoms with Crippen LogP contribution in [0.4, 0.5) is 0 Å². The quantitative estimate of drug-likeness (QED) is 0.244. The number of hydrogen-bond donors (Lipinski definition) is 1. The number of nitrogens with one attached hydrogen (secondary N) is 1. The van der Waals surface area contributed by atoms with Crippen molar-refractivity contribution in [2.24, 2.45) is 0 Å². The number of aromatic nitrogens is 1. The number of esters is 1. The van der Waals surface area contributed by atoms with E-state index in [1.54, 1.807) is 6.07 Å². The predicted octanol–water partition coefficient (Wildman–Crippen LogP) is 6.70. The normalized spacial score (nSPS) is 11.9. The fourth-order valence-electron chi connectivity index (χ4n) is 4.17. The monoisotopic (exact) mass is 532 g/mol. The molecule has 3 aromatic carbocycles. The van der Waals surface area contributed by atoms with Crippen LogP contribution in [-0.4, -0.2) is 23.1 Å². The van der Waals surface area contributed by atoms with E-state index in [1.165, 1.54) is 0 Å². The summed E-state index contributed by atoms with van der Waals surface area (Å²) in [5, 5.41) is 4.12. The van der Waals surface area contributed by atoms with Crippen LogP contribution in [0.1, 0.15) is 58.2 Å². The summed E-state index contributed by atoms with van der Waals surface area (Å²) in [5.41, 5.74) is 4.52. The minimum absolute atomic E-state index is 0.0850. The lowest BCUT2D eigenvalue weighted by atomic mass is 10.1. The van der Waals surface area contributed by atoms with Gasteiger partial charge in [0, 0.05) is 33.7 Å². The van der Waals surface area contributed by atoms with Crippen molar-refractivity contribution >= 4 is 38.7 Å². The number of fused-ring (bicyclic) bond motifs is 1. The molecular formula is C29H29BrN2O3. The fraction of sp³-hybridized carbons (Fsp3) is 0.241. The zero-order chi connectivity index (χ0) is 24.8. The van der Waals surface area contributed by atoms with Crippen molar-refractivity contribution in [3.63, 3.8) is 0 Å². The average molecular weight is 533 g/mol. The summed E-state index contributed by atoms with van der Waals surface area (Å²) in [7, 11) is 0. The lowest BCUT2D eigenvalue weighted by molar-refractivity contribution is 0.0526. The first-order chi connectivity index (χ1) is 16.9. The van der Waals surface area contributed by atoms with Crippen LogP contribution in [0.15, 0.2) is 83.5 Å². The highest BCUT2D eigenvalue weighted by Crippen LogP contribution is 2.21. The van der Waals surface area contributed by atoms with Crippen LogP contribution < -0.4 is 5.32 Å². The molecule has 5 nitrogen and oxygen atoms in total. The molecule has 0 saturated carbocycles. The van der Waals surface area contributed by atoms with E-state index in [-0.39, 0.29) is 17.9 Å². The molecule has 1 aromatic heterocycles. The Bertz CT molecular complexity index is 1330. The van der Waals surface area contributed by atoms with Crippen molar-refractivity contribution in [1.29, 1.82) is 0 Å². The van der Waals surface area contributed by atoms with Crippen LogP contribution in [0, 0.1) is 0 Å². The van der Waals surface area contributed by atoms with Gasteiger partial charge >= 0.3 is 5.97 Å². The minimum atomic E-state index is -0.281. The van der Waals surface area contributed by atoms with E-state index in [9.17, 15) is 9.59 Å². The highest BCUT2D eigenvalue weighted by Gasteiger charge is 2.13. The highest BCUT2D eigenvalue weighted by atomic mass is 79.9. The van der Waals surface area contributed by atoms with Gasteiger partial charge in [-0.3, -0.25) is 4.79 Å². The molecule has 0 bridgehead atoms. The third kappa shape index (κ3) is 6.20. The van der Waals surface area contributed by atoms with E-state index in [0.717, 1.165) is 45.9 Å². The van der Waals surface area contributed by atoms with Gasteiger partial charge < -0.3 is 14.6 Å². The van der Waals surface area contributed by atoms with Crippen molar-refractivity contribution in [2.45, 2.75) is 39.3 Å². The maximum Gasteiger partial charge on any atom is 0.338 e. The summed E-state index contributed by atoms with van der Waals surface area (Å²) < 4.78 is 8.31. The van der Waals surface area contributed by atoms with Gasteiger partial charge in [-0.2, -0.15) is 0 Å². The maximum absolute atomic E-state index is 12.8. The predicted molar refractivity (Wildman–Crippen MR) is 143 cm³/mol. The van der Waals surface area contributed by atoms with Gasteiger partial charge in [0.2, 0.25) is 0 Å². The largest absolute Gasteiger partial charge is 0.462 e. The van der Waals surface area contributed by atoms with E-state index < -0.39 is 0 Å². The van der Waals surface area contributed by atoms with Gasteiger partial charge in [-0.15, -0.1) is 0 Å². The number of rotatable bonds is 9. The third-order valence-electron chi connectivity index (χ3n) is 6.05. The van der Waals surface area contributed by atoms with Crippen LogP contribution in [-0.2, 0) is 17.7 Å². The molecule has 35 heavy (non-hydrogen) atoms. The minimum Gasteiger partial charge on any atom is -0.462 e. The molecule has 0 aliphatic carbocycles. The molecule has 1 amide bonds. The molecule has 180 valence electrons. The number of carbonyl (C=O) groups is 2. The molecule has 1 atom stereocenters. The molecule has 0 aliphatic heterocycles. The Morgan fingerprint density at radius 2 is 1.80 bits per heavy atom. The van der Waals surface area contributed by atoms with E-state index >= 15 is 0 Å². The summed E-state index contributed by atoms with van der Waals surface area (Å²) in [6.07, 6.45) is 3.86. The summed E-state index contributed by atoms with van der Waals surface area (Å²) in [4.78, 5) is 24.8. The smallest absolute Gasteiger partial charge is 0.338 e. The molecule has 1 heterocycles. The second-order valence-corrected chi connectivity index (χ2v) is 9.47. The summed E-state index contributed by atoms with van der Waals surface area (Å²) >= 11 is 3.44. The van der Waals surface area contributed by atoms with Gasteiger partial charge in [0.15, 0.2) is 0 Å². The number of carbonyl (C=O) groups excluding carboxylic acids is 2. The van der Waals surface area contributed by atoms with Crippen molar-refractivity contribution in [1.82, 2.24) is 9.88 Å². The molecule has 6 heteroatoms. The van der Waals surface area contributed by atoms with Crippen LogP contribution in [0.3, 0.4) is 0 Å². The molecule has 1 unspecified atom stereocenters. The number of halogens is 1. The zero-order valence-electron chi connectivity index (χ0n) is 20.0. The van der Waals surface area contributed by atoms with Crippen molar-refractivity contribution in [3.8, 4) is 0 Å². The number of amides is 1. The second-order valence-electron chi connectivity index (χ2n) is 8.55. The topological polar surface area (TPSA) is 60.3 Å². The first kappa shape index (κ1) is 24.7. The molecule has 0 saturated heterocycles. The van der Waals surface area contributed by atoms with E-state index in [0.29, 0.717) is 17.7 Å². The van der Waals surface area contributed by atoms with Crippen molar-refractivity contribution in [2.75, 3.05) is 6.61 Å². The second kappa shape index (κ2) is 11.4. The SMILES string of the molecule is CCOC(=O)c1cccc(CCCn2ccc3cc(C(=O)NC(C)c4ccc(Br)cc4)ccc32)c1. The summed E-state index contributed by atoms with van der Waals surface area (Å²) in [5.74, 6) is -0.367. The Kier molecular flexibility index (Phi) is 8.03.